The zero-order valence-electron chi connectivity index (χ0n) is 14.2. The van der Waals surface area contributed by atoms with Crippen molar-refractivity contribution in [3.8, 4) is 5.69 Å². The van der Waals surface area contributed by atoms with Gasteiger partial charge in [0.25, 0.3) is 0 Å². The van der Waals surface area contributed by atoms with Gasteiger partial charge in [-0.2, -0.15) is 20.0 Å². The van der Waals surface area contributed by atoms with Gasteiger partial charge in [-0.05, 0) is 42.0 Å². The minimum Gasteiger partial charge on any atom is -0.250 e. The molecule has 2 aromatic carbocycles. The molecule has 27 heavy (non-hydrogen) atoms. The lowest BCUT2D eigenvalue weighted by Gasteiger charge is -2.01. The van der Waals surface area contributed by atoms with Gasteiger partial charge in [0, 0.05) is 18.2 Å². The van der Waals surface area contributed by atoms with Crippen molar-refractivity contribution in [3.05, 3.63) is 94.5 Å². The molecule has 8 heteroatoms. The van der Waals surface area contributed by atoms with E-state index in [0.29, 0.717) is 17.0 Å². The Morgan fingerprint density at radius 1 is 1.11 bits per heavy atom. The third kappa shape index (κ3) is 3.90. The molecule has 1 N–H and O–H groups in total. The summed E-state index contributed by atoms with van der Waals surface area (Å²) in [4.78, 5) is 0. The Bertz CT molecular complexity index is 1120. The monoisotopic (exact) mass is 378 g/mol. The van der Waals surface area contributed by atoms with Gasteiger partial charge in [-0.1, -0.05) is 30.3 Å². The van der Waals surface area contributed by atoms with Crippen LogP contribution in [-0.2, 0) is 6.42 Å². The van der Waals surface area contributed by atoms with Crippen molar-refractivity contribution < 1.29 is 4.39 Å². The third-order valence-corrected chi connectivity index (χ3v) is 4.20. The summed E-state index contributed by atoms with van der Waals surface area (Å²) in [5, 5.41) is 15.7. The molecule has 0 bridgehead atoms. The molecule has 0 saturated carbocycles. The Morgan fingerprint density at radius 2 is 1.89 bits per heavy atom. The molecule has 0 aliphatic rings. The maximum atomic E-state index is 13.1. The number of halogens is 1. The van der Waals surface area contributed by atoms with Gasteiger partial charge in [-0.25, -0.2) is 9.07 Å². The van der Waals surface area contributed by atoms with E-state index in [1.54, 1.807) is 33.9 Å². The molecular weight excluding hydrogens is 363 g/mol. The van der Waals surface area contributed by atoms with Crippen LogP contribution in [0.15, 0.2) is 72.1 Å². The molecule has 0 aliphatic heterocycles. The highest BCUT2D eigenvalue weighted by Crippen LogP contribution is 2.10. The van der Waals surface area contributed by atoms with E-state index in [2.05, 4.69) is 20.4 Å². The van der Waals surface area contributed by atoms with E-state index < -0.39 is 0 Å². The third-order valence-electron chi connectivity index (χ3n) is 3.94. The molecule has 0 unspecified atom stereocenters. The summed E-state index contributed by atoms with van der Waals surface area (Å²) in [5.41, 5.74) is 2.71. The second-order valence-corrected chi connectivity index (χ2v) is 6.25. The maximum absolute atomic E-state index is 13.1. The van der Waals surface area contributed by atoms with Crippen molar-refractivity contribution in [3.63, 3.8) is 0 Å². The van der Waals surface area contributed by atoms with Gasteiger partial charge in [0.05, 0.1) is 18.1 Å². The molecule has 0 radical (unpaired) electrons. The summed E-state index contributed by atoms with van der Waals surface area (Å²) in [6.07, 6.45) is 5.75. The first-order valence-corrected chi connectivity index (χ1v) is 8.65. The molecule has 2 aromatic heterocycles. The molecule has 0 fully saturated rings. The van der Waals surface area contributed by atoms with E-state index in [1.165, 1.54) is 12.1 Å². The van der Waals surface area contributed by atoms with Crippen molar-refractivity contribution in [2.75, 3.05) is 0 Å². The minimum atomic E-state index is -0.272. The average molecular weight is 378 g/mol. The van der Waals surface area contributed by atoms with E-state index in [1.807, 2.05) is 36.5 Å². The van der Waals surface area contributed by atoms with Crippen LogP contribution in [0.25, 0.3) is 5.69 Å². The Kier molecular flexibility index (Phi) is 4.71. The van der Waals surface area contributed by atoms with Crippen LogP contribution < -0.4 is 0 Å². The zero-order chi connectivity index (χ0) is 18.6. The van der Waals surface area contributed by atoms with Crippen LogP contribution in [0, 0.1) is 10.6 Å². The normalized spacial score (nSPS) is 11.3. The highest BCUT2D eigenvalue weighted by molar-refractivity contribution is 7.71. The second-order valence-electron chi connectivity index (χ2n) is 5.86. The fraction of sp³-hybridized carbons (Fsp3) is 0.0526. The quantitative estimate of drug-likeness (QED) is 0.425. The van der Waals surface area contributed by atoms with Crippen molar-refractivity contribution in [2.45, 2.75) is 6.42 Å². The van der Waals surface area contributed by atoms with Crippen LogP contribution in [0.4, 0.5) is 4.39 Å². The predicted molar refractivity (Wildman–Crippen MR) is 103 cm³/mol. The van der Waals surface area contributed by atoms with E-state index in [4.69, 9.17) is 12.2 Å². The van der Waals surface area contributed by atoms with Crippen LogP contribution in [0.3, 0.4) is 0 Å². The number of aromatic nitrogens is 5. The Labute approximate surface area is 159 Å². The zero-order valence-corrected chi connectivity index (χ0v) is 15.0. The summed E-state index contributed by atoms with van der Waals surface area (Å²) in [6, 6.07) is 16.1. The van der Waals surface area contributed by atoms with Crippen LogP contribution >= 0.6 is 12.2 Å². The Hall–Kier alpha value is -3.39. The van der Waals surface area contributed by atoms with Crippen molar-refractivity contribution in [1.29, 1.82) is 0 Å². The lowest BCUT2D eigenvalue weighted by Crippen LogP contribution is -2.00. The van der Waals surface area contributed by atoms with Crippen LogP contribution in [0.5, 0.6) is 0 Å². The molecule has 2 heterocycles. The minimum absolute atomic E-state index is 0.272. The van der Waals surface area contributed by atoms with Gasteiger partial charge in [-0.3, -0.25) is 5.10 Å². The van der Waals surface area contributed by atoms with E-state index in [0.717, 1.165) is 16.8 Å². The first-order chi connectivity index (χ1) is 13.2. The van der Waals surface area contributed by atoms with Gasteiger partial charge in [0.1, 0.15) is 5.82 Å². The van der Waals surface area contributed by atoms with E-state index in [9.17, 15) is 4.39 Å². The smallest absolute Gasteiger partial charge is 0.216 e. The number of H-pyrrole nitrogens is 1. The molecule has 134 valence electrons. The summed E-state index contributed by atoms with van der Waals surface area (Å²) in [7, 11) is 0. The molecule has 0 atom stereocenters. The maximum Gasteiger partial charge on any atom is 0.216 e. The summed E-state index contributed by atoms with van der Waals surface area (Å²) in [5.74, 6) is 0.365. The van der Waals surface area contributed by atoms with Gasteiger partial charge >= 0.3 is 0 Å². The molecule has 0 amide bonds. The van der Waals surface area contributed by atoms with Gasteiger partial charge in [0.15, 0.2) is 5.82 Å². The first-order valence-electron chi connectivity index (χ1n) is 8.24. The number of hydrogen-bond donors (Lipinski definition) is 1. The number of aromatic amines is 1. The van der Waals surface area contributed by atoms with Crippen LogP contribution in [-0.4, -0.2) is 30.9 Å². The lowest BCUT2D eigenvalue weighted by molar-refractivity contribution is 0.627. The summed E-state index contributed by atoms with van der Waals surface area (Å²) >= 11 is 5.26. The van der Waals surface area contributed by atoms with Gasteiger partial charge in [-0.15, -0.1) is 0 Å². The average Bonchev–Trinajstić information content (AvgIpc) is 3.30. The highest BCUT2D eigenvalue weighted by Gasteiger charge is 2.07. The number of hydrogen-bond acceptors (Lipinski definition) is 4. The summed E-state index contributed by atoms with van der Waals surface area (Å²) in [6.45, 7) is 0. The van der Waals surface area contributed by atoms with Gasteiger partial charge in [0.2, 0.25) is 4.77 Å². The lowest BCUT2D eigenvalue weighted by atomic mass is 10.1. The fourth-order valence-corrected chi connectivity index (χ4v) is 2.79. The number of nitrogens with zero attached hydrogens (tertiary/aromatic N) is 5. The fourth-order valence-electron chi connectivity index (χ4n) is 2.59. The molecule has 0 aliphatic carbocycles. The topological polar surface area (TPSA) is 63.8 Å². The molecular formula is C19H15FN6S. The molecule has 4 rings (SSSR count). The first kappa shape index (κ1) is 17.0. The van der Waals surface area contributed by atoms with E-state index >= 15 is 0 Å². The number of benzene rings is 2. The Balaban J connectivity index is 1.56. The van der Waals surface area contributed by atoms with Crippen LogP contribution in [0.1, 0.15) is 17.0 Å². The van der Waals surface area contributed by atoms with Gasteiger partial charge < -0.3 is 0 Å². The highest BCUT2D eigenvalue weighted by atomic mass is 32.1. The number of para-hydroxylation sites is 1. The Morgan fingerprint density at radius 3 is 2.67 bits per heavy atom. The van der Waals surface area contributed by atoms with E-state index in [-0.39, 0.29) is 5.82 Å². The van der Waals surface area contributed by atoms with Crippen LogP contribution in [0.2, 0.25) is 0 Å². The molecule has 6 nitrogen and oxygen atoms in total. The van der Waals surface area contributed by atoms with Crippen molar-refractivity contribution in [1.82, 2.24) is 24.7 Å². The number of nitrogens with one attached hydrogen (secondary N) is 1. The summed E-state index contributed by atoms with van der Waals surface area (Å²) < 4.78 is 16.8. The molecule has 0 spiro atoms. The number of rotatable bonds is 5. The molecule has 4 aromatic rings. The van der Waals surface area contributed by atoms with Crippen molar-refractivity contribution in [2.24, 2.45) is 5.10 Å². The largest absolute Gasteiger partial charge is 0.250 e. The standard InChI is InChI=1S/C19H15FN6S/c20-16-8-6-14(7-9-16)10-18-23-24-19(27)26(18)22-12-15-11-21-25(13-15)17-4-2-1-3-5-17/h1-9,11-13H,10H2,(H,24,27)/b22-12-. The molecule has 0 saturated heterocycles. The van der Waals surface area contributed by atoms with Crippen molar-refractivity contribution >= 4 is 18.4 Å². The predicted octanol–water partition coefficient (Wildman–Crippen LogP) is 3.74. The SMILES string of the molecule is Fc1ccc(Cc2n[nH]c(=S)n2/N=C\c2cnn(-c3ccccc3)c2)cc1. The second kappa shape index (κ2) is 7.46.